The highest BCUT2D eigenvalue weighted by atomic mass is 32.1. The topological polar surface area (TPSA) is 55.3 Å². The van der Waals surface area contributed by atoms with Crippen LogP contribution in [0.3, 0.4) is 0 Å². The summed E-state index contributed by atoms with van der Waals surface area (Å²) in [5, 5.41) is 8.71. The predicted molar refractivity (Wildman–Crippen MR) is 212 cm³/mol. The maximum atomic E-state index is 6.66. The minimum atomic E-state index is -0.378. The first kappa shape index (κ1) is 30.2. The summed E-state index contributed by atoms with van der Waals surface area (Å²) in [5.41, 5.74) is 15.6. The van der Waals surface area contributed by atoms with E-state index < -0.39 is 0 Å². The molecule has 7 aromatic carbocycles. The molecule has 2 heterocycles. The van der Waals surface area contributed by atoms with Crippen LogP contribution in [-0.2, 0) is 0 Å². The summed E-state index contributed by atoms with van der Waals surface area (Å²) in [6, 6.07) is 59.9. The van der Waals surface area contributed by atoms with Crippen molar-refractivity contribution in [2.75, 3.05) is 0 Å². The largest absolute Gasteiger partial charge is 0.312 e. The molecule has 0 fully saturated rings. The number of nitrogens with two attached hydrogens (primary N) is 1. The molecule has 0 radical (unpaired) electrons. The first-order valence-electron chi connectivity index (χ1n) is 16.9. The molecular formula is C45H34N4S. The molecule has 0 amide bonds. The molecule has 240 valence electrons. The Kier molecular flexibility index (Phi) is 7.79. The van der Waals surface area contributed by atoms with Crippen LogP contribution in [0.25, 0.3) is 58.8 Å². The second-order valence-electron chi connectivity index (χ2n) is 12.6. The smallest absolute Gasteiger partial charge is 0.127 e. The number of thiophene rings is 1. The first-order valence-corrected chi connectivity index (χ1v) is 17.7. The normalized spacial score (nSPS) is 13.1. The van der Waals surface area contributed by atoms with Crippen molar-refractivity contribution in [3.8, 4) is 16.8 Å². The Labute approximate surface area is 294 Å². The Morgan fingerprint density at radius 2 is 1.20 bits per heavy atom. The van der Waals surface area contributed by atoms with Gasteiger partial charge in [0.25, 0.3) is 0 Å². The molecule has 0 aliphatic heterocycles. The zero-order valence-corrected chi connectivity index (χ0v) is 28.1. The van der Waals surface area contributed by atoms with Gasteiger partial charge in [0.15, 0.2) is 0 Å². The van der Waals surface area contributed by atoms with E-state index in [2.05, 4.69) is 143 Å². The van der Waals surface area contributed by atoms with E-state index in [1.807, 2.05) is 53.9 Å². The molecule has 0 aliphatic rings. The maximum Gasteiger partial charge on any atom is 0.127 e. The van der Waals surface area contributed by atoms with Crippen LogP contribution < -0.4 is 11.1 Å². The summed E-state index contributed by atoms with van der Waals surface area (Å²) < 4.78 is 5.00. The van der Waals surface area contributed by atoms with Gasteiger partial charge in [-0.3, -0.25) is 10.3 Å². The van der Waals surface area contributed by atoms with Gasteiger partial charge in [0, 0.05) is 42.8 Å². The first-order chi connectivity index (χ1) is 24.7. The number of nitrogens with one attached hydrogen (secondary N) is 1. The summed E-state index contributed by atoms with van der Waals surface area (Å²) in [6.45, 7) is 0. The third-order valence-electron chi connectivity index (χ3n) is 9.52. The van der Waals surface area contributed by atoms with Crippen LogP contribution in [-0.4, -0.2) is 10.8 Å². The van der Waals surface area contributed by atoms with Crippen LogP contribution in [0.1, 0.15) is 29.0 Å². The van der Waals surface area contributed by atoms with Gasteiger partial charge in [-0.05, 0) is 64.2 Å². The zero-order valence-electron chi connectivity index (χ0n) is 27.3. The van der Waals surface area contributed by atoms with Gasteiger partial charge in [0.2, 0.25) is 0 Å². The summed E-state index contributed by atoms with van der Waals surface area (Å²) in [6.07, 6.45) is 1.23. The minimum Gasteiger partial charge on any atom is -0.312 e. The molecule has 0 saturated heterocycles. The fraction of sp³-hybridized carbons (Fsp3) is 0.0444. The number of hydrogen-bond donors (Lipinski definition) is 2. The van der Waals surface area contributed by atoms with Crippen LogP contribution >= 0.6 is 11.3 Å². The van der Waals surface area contributed by atoms with Crippen LogP contribution in [0, 0.1) is 0 Å². The SMILES string of the molecule is NC(NC(N=Cc1ccc(-n2c3ccccc3c3cc4c(cc32)sc2ccccc24)cc1)c1ccc(-c2ccccc2)cc1)c1ccccc1. The summed E-state index contributed by atoms with van der Waals surface area (Å²) in [4.78, 5) is 5.06. The fourth-order valence-electron chi connectivity index (χ4n) is 6.98. The van der Waals surface area contributed by atoms with Gasteiger partial charge >= 0.3 is 0 Å². The van der Waals surface area contributed by atoms with Crippen molar-refractivity contribution in [3.05, 3.63) is 187 Å². The van der Waals surface area contributed by atoms with Gasteiger partial charge in [0.05, 0.1) is 17.2 Å². The number of nitrogens with zero attached hydrogens (tertiary/aromatic N) is 2. The van der Waals surface area contributed by atoms with Gasteiger partial charge in [-0.15, -0.1) is 11.3 Å². The number of benzene rings is 7. The number of aromatic nitrogens is 1. The molecule has 0 aliphatic carbocycles. The number of rotatable bonds is 8. The van der Waals surface area contributed by atoms with Crippen LogP contribution in [0.15, 0.2) is 175 Å². The monoisotopic (exact) mass is 662 g/mol. The molecular weight excluding hydrogens is 629 g/mol. The van der Waals surface area contributed by atoms with Gasteiger partial charge in [0.1, 0.15) is 6.17 Å². The van der Waals surface area contributed by atoms with Gasteiger partial charge in [-0.2, -0.15) is 0 Å². The van der Waals surface area contributed by atoms with Crippen molar-refractivity contribution in [3.63, 3.8) is 0 Å². The van der Waals surface area contributed by atoms with E-state index in [1.165, 1.54) is 47.5 Å². The lowest BCUT2D eigenvalue weighted by atomic mass is 10.0. The Balaban J connectivity index is 1.06. The Bertz CT molecular complexity index is 2620. The van der Waals surface area contributed by atoms with Crippen LogP contribution in [0.2, 0.25) is 0 Å². The molecule has 0 saturated carbocycles. The minimum absolute atomic E-state index is 0.337. The highest BCUT2D eigenvalue weighted by Crippen LogP contribution is 2.40. The van der Waals surface area contributed by atoms with E-state index in [1.54, 1.807) is 0 Å². The molecule has 3 N–H and O–H groups in total. The molecule has 0 bridgehead atoms. The van der Waals surface area contributed by atoms with Crippen LogP contribution in [0.4, 0.5) is 0 Å². The van der Waals surface area contributed by atoms with Gasteiger partial charge < -0.3 is 10.3 Å². The summed E-state index contributed by atoms with van der Waals surface area (Å²) >= 11 is 1.86. The lowest BCUT2D eigenvalue weighted by Crippen LogP contribution is -2.31. The number of para-hydroxylation sites is 1. The molecule has 2 aromatic heterocycles. The van der Waals surface area contributed by atoms with E-state index in [-0.39, 0.29) is 12.3 Å². The quantitative estimate of drug-likeness (QED) is 0.126. The van der Waals surface area contributed by atoms with Gasteiger partial charge in [-0.1, -0.05) is 133 Å². The molecule has 2 atom stereocenters. The maximum absolute atomic E-state index is 6.66. The van der Waals surface area contributed by atoms with Crippen molar-refractivity contribution in [2.24, 2.45) is 10.7 Å². The average Bonchev–Trinajstić information content (AvgIpc) is 3.71. The number of fused-ring (bicyclic) bond motifs is 6. The fourth-order valence-corrected chi connectivity index (χ4v) is 8.10. The van der Waals surface area contributed by atoms with Crippen LogP contribution in [0.5, 0.6) is 0 Å². The Hall–Kier alpha value is -5.85. The second-order valence-corrected chi connectivity index (χ2v) is 13.7. The predicted octanol–water partition coefficient (Wildman–Crippen LogP) is 11.2. The van der Waals surface area contributed by atoms with Crippen molar-refractivity contribution >= 4 is 59.5 Å². The van der Waals surface area contributed by atoms with E-state index in [0.717, 1.165) is 27.9 Å². The third-order valence-corrected chi connectivity index (χ3v) is 10.7. The highest BCUT2D eigenvalue weighted by molar-refractivity contribution is 7.25. The summed E-state index contributed by atoms with van der Waals surface area (Å²) in [7, 11) is 0. The molecule has 9 aromatic rings. The van der Waals surface area contributed by atoms with Crippen molar-refractivity contribution in [1.82, 2.24) is 9.88 Å². The van der Waals surface area contributed by atoms with Crippen molar-refractivity contribution in [2.45, 2.75) is 12.3 Å². The van der Waals surface area contributed by atoms with Crippen molar-refractivity contribution in [1.29, 1.82) is 0 Å². The lowest BCUT2D eigenvalue weighted by molar-refractivity contribution is 0.467. The molecule has 50 heavy (non-hydrogen) atoms. The molecule has 4 nitrogen and oxygen atoms in total. The van der Waals surface area contributed by atoms with E-state index >= 15 is 0 Å². The standard InChI is InChI=1S/C45H34N4S/c46-44(33-13-5-2-6-14-33)48-45(34-23-21-32(22-24-34)31-11-3-1-4-12-31)47-29-30-19-25-35(26-20-30)49-40-17-9-7-15-36(40)38-27-39-37-16-8-10-18-42(37)50-43(39)28-41(38)49/h1-29,44-45,48H,46H2. The number of aliphatic imine (C=N–C) groups is 1. The Morgan fingerprint density at radius 3 is 1.98 bits per heavy atom. The van der Waals surface area contributed by atoms with Crippen molar-refractivity contribution < 1.29 is 0 Å². The van der Waals surface area contributed by atoms with Gasteiger partial charge in [-0.25, -0.2) is 0 Å². The van der Waals surface area contributed by atoms with E-state index in [4.69, 9.17) is 10.7 Å². The zero-order chi connectivity index (χ0) is 33.4. The second kappa shape index (κ2) is 12.9. The number of hydrogen-bond acceptors (Lipinski definition) is 4. The lowest BCUT2D eigenvalue weighted by Gasteiger charge is -2.21. The molecule has 9 rings (SSSR count). The molecule has 2 unspecified atom stereocenters. The summed E-state index contributed by atoms with van der Waals surface area (Å²) in [5.74, 6) is 0. The highest BCUT2D eigenvalue weighted by Gasteiger charge is 2.17. The van der Waals surface area contributed by atoms with E-state index in [9.17, 15) is 0 Å². The van der Waals surface area contributed by atoms with E-state index in [0.29, 0.717) is 0 Å². The average molecular weight is 663 g/mol. The third kappa shape index (κ3) is 5.57. The molecule has 5 heteroatoms. The Morgan fingerprint density at radius 1 is 0.540 bits per heavy atom. The molecule has 0 spiro atoms.